The molecular formula is C14H20ClN3O2. The molecule has 110 valence electrons. The number of hydrogen-bond acceptors (Lipinski definition) is 3. The predicted octanol–water partition coefficient (Wildman–Crippen LogP) is 1.98. The van der Waals surface area contributed by atoms with E-state index in [4.69, 9.17) is 17.3 Å². The summed E-state index contributed by atoms with van der Waals surface area (Å²) in [6, 6.07) is 3.21. The number of pyridine rings is 1. The first-order valence-corrected chi connectivity index (χ1v) is 6.78. The first kappa shape index (κ1) is 16.4. The smallest absolute Gasteiger partial charge is 0.254 e. The molecular weight excluding hydrogens is 278 g/mol. The number of aromatic nitrogens is 1. The molecule has 0 aliphatic carbocycles. The van der Waals surface area contributed by atoms with Crippen LogP contribution in [0.5, 0.6) is 0 Å². The monoisotopic (exact) mass is 297 g/mol. The van der Waals surface area contributed by atoms with Gasteiger partial charge in [0.2, 0.25) is 5.91 Å². The van der Waals surface area contributed by atoms with Gasteiger partial charge in [0, 0.05) is 23.2 Å². The van der Waals surface area contributed by atoms with Crippen molar-refractivity contribution in [2.75, 3.05) is 13.1 Å². The molecule has 0 saturated carbocycles. The summed E-state index contributed by atoms with van der Waals surface area (Å²) in [6.07, 6.45) is 0. The highest BCUT2D eigenvalue weighted by atomic mass is 35.5. The zero-order valence-electron chi connectivity index (χ0n) is 12.2. The SMILES string of the molecule is CCN(CC(N)=O)C(=O)c1cc(Cl)nc(C(C)(C)C)c1. The van der Waals surface area contributed by atoms with Crippen LogP contribution < -0.4 is 5.73 Å². The number of amides is 2. The van der Waals surface area contributed by atoms with E-state index < -0.39 is 5.91 Å². The Morgan fingerprint density at radius 3 is 2.40 bits per heavy atom. The molecule has 0 saturated heterocycles. The number of primary amides is 1. The van der Waals surface area contributed by atoms with Gasteiger partial charge in [-0.2, -0.15) is 0 Å². The summed E-state index contributed by atoms with van der Waals surface area (Å²) < 4.78 is 0. The lowest BCUT2D eigenvalue weighted by molar-refractivity contribution is -0.118. The van der Waals surface area contributed by atoms with Crippen LogP contribution in [0.15, 0.2) is 12.1 Å². The first-order valence-electron chi connectivity index (χ1n) is 6.40. The Morgan fingerprint density at radius 2 is 1.95 bits per heavy atom. The van der Waals surface area contributed by atoms with Crippen LogP contribution in [0.2, 0.25) is 5.15 Å². The van der Waals surface area contributed by atoms with E-state index in [1.54, 1.807) is 13.0 Å². The third kappa shape index (κ3) is 4.20. The highest BCUT2D eigenvalue weighted by Crippen LogP contribution is 2.24. The lowest BCUT2D eigenvalue weighted by atomic mass is 9.91. The van der Waals surface area contributed by atoms with Gasteiger partial charge in [-0.05, 0) is 19.1 Å². The Bertz CT molecular complexity index is 524. The number of nitrogens with two attached hydrogens (primary N) is 1. The first-order chi connectivity index (χ1) is 9.15. The minimum atomic E-state index is -0.545. The van der Waals surface area contributed by atoms with Crippen LogP contribution >= 0.6 is 11.6 Å². The van der Waals surface area contributed by atoms with Crippen molar-refractivity contribution < 1.29 is 9.59 Å². The van der Waals surface area contributed by atoms with Crippen LogP contribution in [0.1, 0.15) is 43.7 Å². The molecule has 1 aromatic heterocycles. The molecule has 2 N–H and O–H groups in total. The van der Waals surface area contributed by atoms with Gasteiger partial charge in [0.15, 0.2) is 0 Å². The molecule has 20 heavy (non-hydrogen) atoms. The van der Waals surface area contributed by atoms with Crippen molar-refractivity contribution in [3.8, 4) is 0 Å². The molecule has 1 rings (SSSR count). The van der Waals surface area contributed by atoms with Gasteiger partial charge in [-0.1, -0.05) is 32.4 Å². The molecule has 5 nitrogen and oxygen atoms in total. The van der Waals surface area contributed by atoms with Gasteiger partial charge in [0.05, 0.1) is 6.54 Å². The number of hydrogen-bond donors (Lipinski definition) is 1. The van der Waals surface area contributed by atoms with Crippen LogP contribution in [0, 0.1) is 0 Å². The van der Waals surface area contributed by atoms with Crippen LogP contribution in [0.4, 0.5) is 0 Å². The average Bonchev–Trinajstić information content (AvgIpc) is 2.33. The van der Waals surface area contributed by atoms with Crippen molar-refractivity contribution in [2.24, 2.45) is 5.73 Å². The molecule has 1 aromatic rings. The predicted molar refractivity (Wildman–Crippen MR) is 78.7 cm³/mol. The van der Waals surface area contributed by atoms with Crippen LogP contribution in [-0.2, 0) is 10.2 Å². The summed E-state index contributed by atoms with van der Waals surface area (Å²) in [7, 11) is 0. The quantitative estimate of drug-likeness (QED) is 0.863. The van der Waals surface area contributed by atoms with E-state index in [9.17, 15) is 9.59 Å². The average molecular weight is 298 g/mol. The molecule has 1 heterocycles. The second-order valence-corrected chi connectivity index (χ2v) is 5.99. The highest BCUT2D eigenvalue weighted by Gasteiger charge is 2.21. The van der Waals surface area contributed by atoms with Crippen LogP contribution in [0.3, 0.4) is 0 Å². The number of nitrogens with zero attached hydrogens (tertiary/aromatic N) is 2. The Hall–Kier alpha value is -1.62. The summed E-state index contributed by atoms with van der Waals surface area (Å²) in [5.74, 6) is -0.822. The molecule has 0 fully saturated rings. The Kier molecular flexibility index (Phi) is 5.11. The van der Waals surface area contributed by atoms with Crippen molar-refractivity contribution in [1.82, 2.24) is 9.88 Å². The molecule has 0 bridgehead atoms. The van der Waals surface area contributed by atoms with Gasteiger partial charge in [0.1, 0.15) is 5.15 Å². The Balaban J connectivity index is 3.15. The van der Waals surface area contributed by atoms with Crippen molar-refractivity contribution in [2.45, 2.75) is 33.1 Å². The molecule has 0 radical (unpaired) electrons. The van der Waals surface area contributed by atoms with Gasteiger partial charge in [-0.3, -0.25) is 9.59 Å². The van der Waals surface area contributed by atoms with E-state index in [1.165, 1.54) is 11.0 Å². The lowest BCUT2D eigenvalue weighted by Gasteiger charge is -2.22. The van der Waals surface area contributed by atoms with E-state index in [2.05, 4.69) is 4.98 Å². The third-order valence-electron chi connectivity index (χ3n) is 2.83. The maximum absolute atomic E-state index is 12.4. The Labute approximate surface area is 124 Å². The summed E-state index contributed by atoms with van der Waals surface area (Å²) in [5.41, 5.74) is 6.06. The summed E-state index contributed by atoms with van der Waals surface area (Å²) in [4.78, 5) is 29.0. The maximum atomic E-state index is 12.4. The fourth-order valence-electron chi connectivity index (χ4n) is 1.70. The third-order valence-corrected chi connectivity index (χ3v) is 3.02. The number of rotatable bonds is 4. The topological polar surface area (TPSA) is 76.3 Å². The second kappa shape index (κ2) is 6.22. The number of likely N-dealkylation sites (N-methyl/N-ethyl adjacent to an activating group) is 1. The zero-order valence-corrected chi connectivity index (χ0v) is 13.0. The summed E-state index contributed by atoms with van der Waals surface area (Å²) in [6.45, 7) is 8.03. The number of carbonyl (C=O) groups is 2. The molecule has 0 aliphatic heterocycles. The maximum Gasteiger partial charge on any atom is 0.254 e. The van der Waals surface area contributed by atoms with Crippen molar-refractivity contribution in [1.29, 1.82) is 0 Å². The van der Waals surface area contributed by atoms with Crippen molar-refractivity contribution in [3.05, 3.63) is 28.5 Å². The minimum Gasteiger partial charge on any atom is -0.368 e. The lowest BCUT2D eigenvalue weighted by Crippen LogP contribution is -2.38. The molecule has 0 spiro atoms. The molecule has 0 aromatic carbocycles. The van der Waals surface area contributed by atoms with Crippen molar-refractivity contribution in [3.63, 3.8) is 0 Å². The van der Waals surface area contributed by atoms with Crippen molar-refractivity contribution >= 4 is 23.4 Å². The molecule has 6 heteroatoms. The number of carbonyl (C=O) groups excluding carboxylic acids is 2. The second-order valence-electron chi connectivity index (χ2n) is 5.60. The summed E-state index contributed by atoms with van der Waals surface area (Å²) >= 11 is 5.98. The van der Waals surface area contributed by atoms with Gasteiger partial charge in [-0.15, -0.1) is 0 Å². The van der Waals surface area contributed by atoms with E-state index in [0.717, 1.165) is 5.69 Å². The molecule has 0 unspecified atom stereocenters. The van der Waals surface area contributed by atoms with Crippen LogP contribution in [0.25, 0.3) is 0 Å². The van der Waals surface area contributed by atoms with Gasteiger partial charge in [-0.25, -0.2) is 4.98 Å². The number of halogens is 1. The fourth-order valence-corrected chi connectivity index (χ4v) is 1.91. The highest BCUT2D eigenvalue weighted by molar-refractivity contribution is 6.29. The largest absolute Gasteiger partial charge is 0.368 e. The Morgan fingerprint density at radius 1 is 1.35 bits per heavy atom. The minimum absolute atomic E-state index is 0.111. The molecule has 0 aliphatic rings. The van der Waals surface area contributed by atoms with Crippen LogP contribution in [-0.4, -0.2) is 34.8 Å². The summed E-state index contributed by atoms with van der Waals surface area (Å²) in [5, 5.41) is 0.260. The standard InChI is InChI=1S/C14H20ClN3O2/c1-5-18(8-12(16)19)13(20)9-6-10(14(2,3)4)17-11(15)7-9/h6-7H,5,8H2,1-4H3,(H2,16,19). The normalized spacial score (nSPS) is 11.2. The zero-order chi connectivity index (χ0) is 15.5. The van der Waals surface area contributed by atoms with E-state index in [1.807, 2.05) is 20.8 Å². The van der Waals surface area contributed by atoms with E-state index in [0.29, 0.717) is 12.1 Å². The van der Waals surface area contributed by atoms with Gasteiger partial charge >= 0.3 is 0 Å². The van der Waals surface area contributed by atoms with Gasteiger partial charge in [0.25, 0.3) is 5.91 Å². The molecule has 2 amide bonds. The fraction of sp³-hybridized carbons (Fsp3) is 0.500. The van der Waals surface area contributed by atoms with Gasteiger partial charge < -0.3 is 10.6 Å². The van der Waals surface area contributed by atoms with E-state index >= 15 is 0 Å². The molecule has 0 atom stereocenters. The van der Waals surface area contributed by atoms with E-state index in [-0.39, 0.29) is 23.0 Å².